The van der Waals surface area contributed by atoms with Crippen molar-refractivity contribution in [2.24, 2.45) is 5.73 Å². The SMILES string of the molecule is CN(C(=O)CCc1cccc(F)c1F)[C@H](COC(=O)Nc1cc2ccccc2cn1)CC(F)(F)CN. The molecular weight excluding hydrogens is 480 g/mol. The molecule has 0 aliphatic heterocycles. The van der Waals surface area contributed by atoms with Crippen molar-refractivity contribution >= 4 is 28.6 Å². The molecule has 2 amide bonds. The van der Waals surface area contributed by atoms with Gasteiger partial charge < -0.3 is 15.4 Å². The maximum Gasteiger partial charge on any atom is 0.412 e. The Kier molecular flexibility index (Phi) is 8.81. The van der Waals surface area contributed by atoms with Crippen LogP contribution in [0.15, 0.2) is 54.7 Å². The minimum atomic E-state index is -3.33. The van der Waals surface area contributed by atoms with Gasteiger partial charge in [-0.15, -0.1) is 0 Å². The van der Waals surface area contributed by atoms with Gasteiger partial charge in [0.25, 0.3) is 5.92 Å². The first-order chi connectivity index (χ1) is 17.1. The van der Waals surface area contributed by atoms with E-state index in [1.54, 1.807) is 12.3 Å². The summed E-state index contributed by atoms with van der Waals surface area (Å²) in [5, 5.41) is 4.11. The number of likely N-dealkylation sites (N-methyl/N-ethyl adjacent to an activating group) is 1. The molecule has 0 spiro atoms. The van der Waals surface area contributed by atoms with Gasteiger partial charge in [0.05, 0.1) is 12.6 Å². The number of aryl methyl sites for hydroxylation is 1. The second-order valence-electron chi connectivity index (χ2n) is 8.28. The third-order valence-electron chi connectivity index (χ3n) is 5.68. The minimum Gasteiger partial charge on any atom is -0.447 e. The van der Waals surface area contributed by atoms with Crippen molar-refractivity contribution in [3.63, 3.8) is 0 Å². The van der Waals surface area contributed by atoms with Crippen LogP contribution in [-0.2, 0) is 16.0 Å². The summed E-state index contributed by atoms with van der Waals surface area (Å²) in [6.45, 7) is -1.52. The number of anilines is 1. The van der Waals surface area contributed by atoms with E-state index >= 15 is 0 Å². The van der Waals surface area contributed by atoms with Gasteiger partial charge in [0.15, 0.2) is 11.6 Å². The van der Waals surface area contributed by atoms with Crippen molar-refractivity contribution < 1.29 is 31.9 Å². The molecule has 7 nitrogen and oxygen atoms in total. The molecule has 0 bridgehead atoms. The highest BCUT2D eigenvalue weighted by Gasteiger charge is 2.35. The maximum atomic E-state index is 14.1. The summed E-state index contributed by atoms with van der Waals surface area (Å²) in [6, 6.07) is 11.3. The van der Waals surface area contributed by atoms with Crippen molar-refractivity contribution in [2.75, 3.05) is 25.5 Å². The summed E-state index contributed by atoms with van der Waals surface area (Å²) in [5.41, 5.74) is 5.13. The second-order valence-corrected chi connectivity index (χ2v) is 8.28. The number of halogens is 4. The third kappa shape index (κ3) is 7.14. The molecule has 1 atom stereocenters. The topological polar surface area (TPSA) is 97.5 Å². The summed E-state index contributed by atoms with van der Waals surface area (Å²) in [7, 11) is 1.27. The molecule has 3 N–H and O–H groups in total. The summed E-state index contributed by atoms with van der Waals surface area (Å²) in [5.74, 6) is -5.86. The molecule has 0 aliphatic carbocycles. The normalized spacial score (nSPS) is 12.3. The van der Waals surface area contributed by atoms with E-state index < -0.39 is 55.2 Å². The van der Waals surface area contributed by atoms with E-state index in [0.29, 0.717) is 0 Å². The number of alkyl halides is 2. The number of fused-ring (bicyclic) bond motifs is 1. The Morgan fingerprint density at radius 3 is 2.58 bits per heavy atom. The minimum absolute atomic E-state index is 0.0147. The van der Waals surface area contributed by atoms with Gasteiger partial charge in [-0.2, -0.15) is 0 Å². The number of carbonyl (C=O) groups is 2. The predicted molar refractivity (Wildman–Crippen MR) is 127 cm³/mol. The van der Waals surface area contributed by atoms with Crippen LogP contribution in [0.5, 0.6) is 0 Å². The van der Waals surface area contributed by atoms with Gasteiger partial charge in [0, 0.05) is 31.5 Å². The average Bonchev–Trinajstić information content (AvgIpc) is 2.86. The molecule has 36 heavy (non-hydrogen) atoms. The zero-order valence-electron chi connectivity index (χ0n) is 19.5. The first kappa shape index (κ1) is 26.9. The van der Waals surface area contributed by atoms with Crippen LogP contribution in [-0.4, -0.2) is 54.0 Å². The molecule has 11 heteroatoms. The van der Waals surface area contributed by atoms with Gasteiger partial charge in [-0.3, -0.25) is 10.1 Å². The molecule has 3 rings (SSSR count). The summed E-state index contributed by atoms with van der Waals surface area (Å²) in [4.78, 5) is 30.1. The number of pyridine rings is 1. The molecule has 1 heterocycles. The highest BCUT2D eigenvalue weighted by Crippen LogP contribution is 2.23. The molecule has 0 aliphatic rings. The molecule has 2 aromatic carbocycles. The van der Waals surface area contributed by atoms with E-state index in [4.69, 9.17) is 10.5 Å². The predicted octanol–water partition coefficient (Wildman–Crippen LogP) is 4.51. The van der Waals surface area contributed by atoms with Gasteiger partial charge in [0.2, 0.25) is 5.91 Å². The van der Waals surface area contributed by atoms with Gasteiger partial charge in [-0.1, -0.05) is 36.4 Å². The number of ether oxygens (including phenoxy) is 1. The first-order valence-electron chi connectivity index (χ1n) is 11.1. The van der Waals surface area contributed by atoms with E-state index in [9.17, 15) is 27.2 Å². The van der Waals surface area contributed by atoms with Gasteiger partial charge in [0.1, 0.15) is 12.4 Å². The zero-order chi connectivity index (χ0) is 26.3. The number of rotatable bonds is 10. The smallest absolute Gasteiger partial charge is 0.412 e. The number of nitrogens with one attached hydrogen (secondary N) is 1. The van der Waals surface area contributed by atoms with E-state index in [1.165, 1.54) is 19.2 Å². The van der Waals surface area contributed by atoms with Crippen LogP contribution < -0.4 is 11.1 Å². The molecule has 0 saturated carbocycles. The third-order valence-corrected chi connectivity index (χ3v) is 5.68. The number of aromatic nitrogens is 1. The molecule has 3 aromatic rings. The van der Waals surface area contributed by atoms with E-state index in [2.05, 4.69) is 10.3 Å². The monoisotopic (exact) mass is 506 g/mol. The number of benzene rings is 2. The van der Waals surface area contributed by atoms with Crippen molar-refractivity contribution in [3.05, 3.63) is 71.9 Å². The Balaban J connectivity index is 1.63. The van der Waals surface area contributed by atoms with Gasteiger partial charge in [-0.25, -0.2) is 27.3 Å². The van der Waals surface area contributed by atoms with Gasteiger partial charge in [-0.05, 0) is 29.5 Å². The Hall–Kier alpha value is -3.73. The Labute approximate surface area is 205 Å². The summed E-state index contributed by atoms with van der Waals surface area (Å²) >= 11 is 0. The van der Waals surface area contributed by atoms with Crippen LogP contribution in [0.25, 0.3) is 10.8 Å². The van der Waals surface area contributed by atoms with Crippen LogP contribution in [0.4, 0.5) is 28.2 Å². The molecule has 0 saturated heterocycles. The van der Waals surface area contributed by atoms with Crippen molar-refractivity contribution in [1.82, 2.24) is 9.88 Å². The summed E-state index contributed by atoms with van der Waals surface area (Å²) < 4.78 is 60.5. The standard InChI is InChI=1S/C25H26F4N4O3/c1-33(22(34)10-9-16-7-4-8-20(26)23(16)27)19(12-25(28,29)15-30)14-36-24(35)32-21-11-17-5-2-3-6-18(17)13-31-21/h2-8,11,13,19H,9-10,12,14-15,30H2,1H3,(H,31,32,35)/t19-/m0/s1. The summed E-state index contributed by atoms with van der Waals surface area (Å²) in [6.07, 6.45) is -0.650. The maximum absolute atomic E-state index is 14.1. The number of nitrogens with zero attached hydrogens (tertiary/aromatic N) is 2. The fourth-order valence-electron chi connectivity index (χ4n) is 3.56. The fourth-order valence-corrected chi connectivity index (χ4v) is 3.56. The lowest BCUT2D eigenvalue weighted by atomic mass is 10.1. The molecular formula is C25H26F4N4O3. The molecule has 1 aromatic heterocycles. The van der Waals surface area contributed by atoms with E-state index in [-0.39, 0.29) is 24.2 Å². The lowest BCUT2D eigenvalue weighted by Gasteiger charge is -2.30. The first-order valence-corrected chi connectivity index (χ1v) is 11.1. The van der Waals surface area contributed by atoms with Crippen LogP contribution in [0.3, 0.4) is 0 Å². The fraction of sp³-hybridized carbons (Fsp3) is 0.320. The number of nitrogens with two attached hydrogens (primary N) is 1. The number of amides is 2. The quantitative estimate of drug-likeness (QED) is 0.395. The van der Waals surface area contributed by atoms with E-state index in [0.717, 1.165) is 21.7 Å². The van der Waals surface area contributed by atoms with Crippen molar-refractivity contribution in [2.45, 2.75) is 31.2 Å². The van der Waals surface area contributed by atoms with Crippen LogP contribution in [0.2, 0.25) is 0 Å². The highest BCUT2D eigenvalue weighted by atomic mass is 19.3. The molecule has 0 radical (unpaired) electrons. The molecule has 0 fully saturated rings. The van der Waals surface area contributed by atoms with Crippen LogP contribution in [0, 0.1) is 11.6 Å². The number of carbonyl (C=O) groups excluding carboxylic acids is 2. The lowest BCUT2D eigenvalue weighted by Crippen LogP contribution is -2.46. The largest absolute Gasteiger partial charge is 0.447 e. The lowest BCUT2D eigenvalue weighted by molar-refractivity contribution is -0.134. The molecule has 0 unspecified atom stereocenters. The average molecular weight is 507 g/mol. The zero-order valence-corrected chi connectivity index (χ0v) is 19.5. The number of hydrogen-bond acceptors (Lipinski definition) is 5. The second kappa shape index (κ2) is 11.8. The Bertz CT molecular complexity index is 1220. The highest BCUT2D eigenvalue weighted by molar-refractivity contribution is 5.89. The number of hydrogen-bond donors (Lipinski definition) is 2. The van der Waals surface area contributed by atoms with Crippen molar-refractivity contribution in [3.8, 4) is 0 Å². The molecule has 192 valence electrons. The Morgan fingerprint density at radius 1 is 1.14 bits per heavy atom. The van der Waals surface area contributed by atoms with Crippen molar-refractivity contribution in [1.29, 1.82) is 0 Å². The van der Waals surface area contributed by atoms with Crippen LogP contribution in [0.1, 0.15) is 18.4 Å². The van der Waals surface area contributed by atoms with Crippen LogP contribution >= 0.6 is 0 Å². The Morgan fingerprint density at radius 2 is 1.86 bits per heavy atom. The van der Waals surface area contributed by atoms with Gasteiger partial charge >= 0.3 is 6.09 Å². The van der Waals surface area contributed by atoms with E-state index in [1.807, 2.05) is 24.3 Å².